The molecule has 2 aromatic heterocycles. The van der Waals surface area contributed by atoms with Crippen LogP contribution in [0, 0.1) is 20.8 Å². The monoisotopic (exact) mass is 339 g/mol. The second-order valence-electron chi connectivity index (χ2n) is 6.45. The van der Waals surface area contributed by atoms with Gasteiger partial charge in [0.25, 0.3) is 5.91 Å². The summed E-state index contributed by atoms with van der Waals surface area (Å²) >= 11 is 0. The lowest BCUT2D eigenvalue weighted by atomic mass is 10.1. The van der Waals surface area contributed by atoms with E-state index in [-0.39, 0.29) is 18.0 Å². The topological polar surface area (TPSA) is 85.8 Å². The van der Waals surface area contributed by atoms with Gasteiger partial charge in [0.15, 0.2) is 0 Å². The maximum atomic E-state index is 12.5. The molecule has 1 amide bonds. The highest BCUT2D eigenvalue weighted by Gasteiger charge is 2.19. The predicted octanol–water partition coefficient (Wildman–Crippen LogP) is 3.69. The van der Waals surface area contributed by atoms with Gasteiger partial charge in [0.05, 0.1) is 5.69 Å². The Bertz CT molecular complexity index is 903. The van der Waals surface area contributed by atoms with E-state index in [1.54, 1.807) is 10.7 Å². The van der Waals surface area contributed by atoms with Gasteiger partial charge in [-0.3, -0.25) is 14.8 Å². The number of aryl methyl sites for hydroxylation is 3. The van der Waals surface area contributed by atoms with Crippen LogP contribution in [-0.4, -0.2) is 25.9 Å². The highest BCUT2D eigenvalue weighted by molar-refractivity contribution is 6.02. The van der Waals surface area contributed by atoms with Crippen LogP contribution in [0.25, 0.3) is 11.5 Å². The minimum absolute atomic E-state index is 0.0633. The maximum absolute atomic E-state index is 12.5. The molecule has 25 heavy (non-hydrogen) atoms. The number of anilines is 1. The van der Waals surface area contributed by atoms with Gasteiger partial charge < -0.3 is 4.42 Å². The number of nitrogens with zero attached hydrogens (tertiary/aromatic N) is 4. The summed E-state index contributed by atoms with van der Waals surface area (Å²) < 4.78 is 7.27. The van der Waals surface area contributed by atoms with E-state index in [1.807, 2.05) is 46.8 Å². The van der Waals surface area contributed by atoms with Crippen LogP contribution in [0.5, 0.6) is 0 Å². The Morgan fingerprint density at radius 3 is 2.40 bits per heavy atom. The maximum Gasteiger partial charge on any atom is 0.322 e. The average Bonchev–Trinajstić information content (AvgIpc) is 3.13. The molecule has 3 rings (SSSR count). The van der Waals surface area contributed by atoms with Gasteiger partial charge in [-0.2, -0.15) is 5.10 Å². The third kappa shape index (κ3) is 3.60. The Morgan fingerprint density at radius 1 is 1.08 bits per heavy atom. The Kier molecular flexibility index (Phi) is 4.39. The average molecular weight is 339 g/mol. The van der Waals surface area contributed by atoms with Crippen molar-refractivity contribution in [1.29, 1.82) is 0 Å². The summed E-state index contributed by atoms with van der Waals surface area (Å²) in [4.78, 5) is 12.5. The first-order chi connectivity index (χ1) is 11.8. The van der Waals surface area contributed by atoms with Crippen LogP contribution in [0.15, 0.2) is 28.7 Å². The lowest BCUT2D eigenvalue weighted by molar-refractivity contribution is 0.101. The number of carbonyl (C=O) groups is 1. The van der Waals surface area contributed by atoms with E-state index in [0.717, 1.165) is 22.4 Å². The van der Waals surface area contributed by atoms with Crippen LogP contribution in [0.1, 0.15) is 47.2 Å². The fourth-order valence-corrected chi connectivity index (χ4v) is 2.73. The highest BCUT2D eigenvalue weighted by Crippen LogP contribution is 2.23. The third-order valence-electron chi connectivity index (χ3n) is 3.69. The van der Waals surface area contributed by atoms with Crippen LogP contribution in [0.3, 0.4) is 0 Å². The number of benzene rings is 1. The van der Waals surface area contributed by atoms with Crippen molar-refractivity contribution < 1.29 is 9.21 Å². The lowest BCUT2D eigenvalue weighted by Crippen LogP contribution is -2.19. The van der Waals surface area contributed by atoms with Gasteiger partial charge in [0.2, 0.25) is 5.89 Å². The molecule has 0 spiro atoms. The van der Waals surface area contributed by atoms with Crippen LogP contribution < -0.4 is 5.32 Å². The molecule has 2 heterocycles. The minimum Gasteiger partial charge on any atom is -0.403 e. The minimum atomic E-state index is -0.329. The molecule has 0 bridgehead atoms. The number of hydrogen-bond donors (Lipinski definition) is 1. The van der Waals surface area contributed by atoms with E-state index in [0.29, 0.717) is 11.6 Å². The van der Waals surface area contributed by atoms with E-state index in [2.05, 4.69) is 26.7 Å². The fraction of sp³-hybridized carbons (Fsp3) is 0.333. The van der Waals surface area contributed by atoms with Crippen LogP contribution >= 0.6 is 0 Å². The van der Waals surface area contributed by atoms with E-state index in [9.17, 15) is 4.79 Å². The standard InChI is InChI=1S/C18H21N5O2/c1-10(2)23-15(9-13(5)22-23)16(24)19-18-21-20-17(25-18)14-7-11(3)6-12(4)8-14/h6-10H,1-5H3,(H,19,21,24). The van der Waals surface area contributed by atoms with E-state index in [1.165, 1.54) is 0 Å². The molecular formula is C18H21N5O2. The molecule has 0 saturated carbocycles. The zero-order valence-electron chi connectivity index (χ0n) is 15.0. The number of aromatic nitrogens is 4. The first-order valence-electron chi connectivity index (χ1n) is 8.13. The second kappa shape index (κ2) is 6.51. The molecular weight excluding hydrogens is 318 g/mol. The zero-order chi connectivity index (χ0) is 18.1. The Labute approximate surface area is 146 Å². The van der Waals surface area contributed by atoms with Crippen molar-refractivity contribution >= 4 is 11.9 Å². The molecule has 0 atom stereocenters. The molecule has 0 aliphatic heterocycles. The second-order valence-corrected chi connectivity index (χ2v) is 6.45. The fourth-order valence-electron chi connectivity index (χ4n) is 2.73. The Hall–Kier alpha value is -2.96. The number of carbonyl (C=O) groups excluding carboxylic acids is 1. The first-order valence-corrected chi connectivity index (χ1v) is 8.13. The van der Waals surface area contributed by atoms with Crippen molar-refractivity contribution in [3.63, 3.8) is 0 Å². The largest absolute Gasteiger partial charge is 0.403 e. The summed E-state index contributed by atoms with van der Waals surface area (Å²) in [5, 5.41) is 14.9. The molecule has 1 N–H and O–H groups in total. The smallest absolute Gasteiger partial charge is 0.322 e. The summed E-state index contributed by atoms with van der Waals surface area (Å²) in [6.45, 7) is 9.79. The van der Waals surface area contributed by atoms with Gasteiger partial charge in [0, 0.05) is 11.6 Å². The summed E-state index contributed by atoms with van der Waals surface area (Å²) in [5.41, 5.74) is 4.28. The van der Waals surface area contributed by atoms with Crippen molar-refractivity contribution in [2.45, 2.75) is 40.7 Å². The van der Waals surface area contributed by atoms with Gasteiger partial charge in [-0.15, -0.1) is 5.10 Å². The van der Waals surface area contributed by atoms with E-state index < -0.39 is 0 Å². The first kappa shape index (κ1) is 16.9. The lowest BCUT2D eigenvalue weighted by Gasteiger charge is -2.09. The van der Waals surface area contributed by atoms with Crippen LogP contribution in [0.4, 0.5) is 6.01 Å². The molecule has 7 nitrogen and oxygen atoms in total. The summed E-state index contributed by atoms with van der Waals surface area (Å²) in [7, 11) is 0. The molecule has 0 fully saturated rings. The van der Waals surface area contributed by atoms with Crippen molar-refractivity contribution in [2.24, 2.45) is 0 Å². The quantitative estimate of drug-likeness (QED) is 0.783. The summed E-state index contributed by atoms with van der Waals surface area (Å²) in [5.74, 6) is 0.0422. The van der Waals surface area contributed by atoms with Gasteiger partial charge in [0.1, 0.15) is 5.69 Å². The molecule has 130 valence electrons. The third-order valence-corrected chi connectivity index (χ3v) is 3.69. The van der Waals surface area contributed by atoms with E-state index in [4.69, 9.17) is 4.42 Å². The summed E-state index contributed by atoms with van der Waals surface area (Å²) in [6, 6.07) is 7.86. The molecule has 0 aliphatic rings. The van der Waals surface area contributed by atoms with Gasteiger partial charge >= 0.3 is 6.01 Å². The Balaban J connectivity index is 1.83. The number of rotatable bonds is 4. The number of hydrogen-bond acceptors (Lipinski definition) is 5. The summed E-state index contributed by atoms with van der Waals surface area (Å²) in [6.07, 6.45) is 0. The normalized spacial score (nSPS) is 11.1. The highest BCUT2D eigenvalue weighted by atomic mass is 16.4. The molecule has 0 unspecified atom stereocenters. The van der Waals surface area contributed by atoms with Crippen molar-refractivity contribution in [3.8, 4) is 11.5 Å². The number of amides is 1. The van der Waals surface area contributed by atoms with Crippen molar-refractivity contribution in [2.75, 3.05) is 5.32 Å². The van der Waals surface area contributed by atoms with Crippen LogP contribution in [-0.2, 0) is 0 Å². The van der Waals surface area contributed by atoms with Gasteiger partial charge in [-0.05, 0) is 52.8 Å². The SMILES string of the molecule is Cc1cc(C)cc(-c2nnc(NC(=O)c3cc(C)nn3C(C)C)o2)c1. The van der Waals surface area contributed by atoms with Crippen molar-refractivity contribution in [1.82, 2.24) is 20.0 Å². The molecule has 0 aliphatic carbocycles. The van der Waals surface area contributed by atoms with Gasteiger partial charge in [-0.25, -0.2) is 0 Å². The predicted molar refractivity (Wildman–Crippen MR) is 94.5 cm³/mol. The number of nitrogens with one attached hydrogen (secondary N) is 1. The molecule has 7 heteroatoms. The zero-order valence-corrected chi connectivity index (χ0v) is 15.0. The molecule has 3 aromatic rings. The van der Waals surface area contributed by atoms with Crippen molar-refractivity contribution in [3.05, 3.63) is 46.8 Å². The molecule has 1 aromatic carbocycles. The molecule has 0 saturated heterocycles. The molecule has 0 radical (unpaired) electrons. The van der Waals surface area contributed by atoms with Gasteiger partial charge in [-0.1, -0.05) is 22.3 Å². The van der Waals surface area contributed by atoms with E-state index >= 15 is 0 Å². The van der Waals surface area contributed by atoms with Crippen LogP contribution in [0.2, 0.25) is 0 Å². The Morgan fingerprint density at radius 2 is 1.76 bits per heavy atom.